The second kappa shape index (κ2) is 11.1. The maximum atomic E-state index is 2.45. The molecule has 0 spiro atoms. The van der Waals surface area contributed by atoms with Gasteiger partial charge in [-0.2, -0.15) is 0 Å². The summed E-state index contributed by atoms with van der Waals surface area (Å²) >= 11 is 0. The quantitative estimate of drug-likeness (QED) is 0.196. The van der Waals surface area contributed by atoms with Gasteiger partial charge in [-0.1, -0.05) is 133 Å². The zero-order valence-electron chi connectivity index (χ0n) is 24.2. The maximum absolute atomic E-state index is 2.45. The number of fused-ring (bicyclic) bond motifs is 3. The SMILES string of the molecule is c1ccc(-c2cccc3c4ccccc4n(-c4ccccc4-c4ccc(N(c5ccccc5)c5ccccc5)cc4)c23)cc1. The molecule has 1 aromatic heterocycles. The topological polar surface area (TPSA) is 8.17 Å². The average molecular weight is 563 g/mol. The van der Waals surface area contributed by atoms with E-state index in [1.54, 1.807) is 0 Å². The summed E-state index contributed by atoms with van der Waals surface area (Å²) in [5.74, 6) is 0. The van der Waals surface area contributed by atoms with Crippen LogP contribution in [-0.4, -0.2) is 4.57 Å². The normalized spacial score (nSPS) is 11.2. The van der Waals surface area contributed by atoms with Crippen LogP contribution in [0.2, 0.25) is 0 Å². The number of aromatic nitrogens is 1. The van der Waals surface area contributed by atoms with E-state index in [0.29, 0.717) is 0 Å². The van der Waals surface area contributed by atoms with Gasteiger partial charge >= 0.3 is 0 Å². The lowest BCUT2D eigenvalue weighted by Crippen LogP contribution is -2.09. The monoisotopic (exact) mass is 562 g/mol. The van der Waals surface area contributed by atoms with E-state index >= 15 is 0 Å². The molecule has 7 aromatic carbocycles. The van der Waals surface area contributed by atoms with Gasteiger partial charge in [-0.05, 0) is 59.7 Å². The van der Waals surface area contributed by atoms with Gasteiger partial charge in [0.05, 0.1) is 16.7 Å². The van der Waals surface area contributed by atoms with Crippen LogP contribution < -0.4 is 4.90 Å². The van der Waals surface area contributed by atoms with Crippen LogP contribution in [0, 0.1) is 0 Å². The molecule has 8 rings (SSSR count). The number of nitrogens with zero attached hydrogens (tertiary/aromatic N) is 2. The lowest BCUT2D eigenvalue weighted by molar-refractivity contribution is 1.18. The van der Waals surface area contributed by atoms with Crippen molar-refractivity contribution in [3.05, 3.63) is 182 Å². The first-order chi connectivity index (χ1) is 21.9. The van der Waals surface area contributed by atoms with Crippen molar-refractivity contribution in [3.8, 4) is 27.9 Å². The van der Waals surface area contributed by atoms with Gasteiger partial charge in [-0.15, -0.1) is 0 Å². The van der Waals surface area contributed by atoms with Crippen molar-refractivity contribution < 1.29 is 0 Å². The molecule has 8 aromatic rings. The molecule has 44 heavy (non-hydrogen) atoms. The Morgan fingerprint density at radius 2 is 0.841 bits per heavy atom. The van der Waals surface area contributed by atoms with Crippen LogP contribution in [-0.2, 0) is 0 Å². The minimum Gasteiger partial charge on any atom is -0.311 e. The number of para-hydroxylation sites is 5. The summed E-state index contributed by atoms with van der Waals surface area (Å²) < 4.78 is 2.45. The zero-order valence-corrected chi connectivity index (χ0v) is 24.2. The van der Waals surface area contributed by atoms with Crippen molar-refractivity contribution in [2.24, 2.45) is 0 Å². The highest BCUT2D eigenvalue weighted by Gasteiger charge is 2.19. The molecule has 0 bridgehead atoms. The number of anilines is 3. The third kappa shape index (κ3) is 4.45. The summed E-state index contributed by atoms with van der Waals surface area (Å²) in [5.41, 5.74) is 11.8. The van der Waals surface area contributed by atoms with Crippen LogP contribution in [0.3, 0.4) is 0 Å². The summed E-state index contributed by atoms with van der Waals surface area (Å²) in [4.78, 5) is 2.30. The predicted octanol–water partition coefficient (Wildman–Crippen LogP) is 11.6. The zero-order chi connectivity index (χ0) is 29.3. The van der Waals surface area contributed by atoms with Crippen LogP contribution in [0.15, 0.2) is 182 Å². The van der Waals surface area contributed by atoms with Crippen LogP contribution in [0.25, 0.3) is 49.7 Å². The molecule has 2 nitrogen and oxygen atoms in total. The third-order valence-electron chi connectivity index (χ3n) is 8.39. The summed E-state index contributed by atoms with van der Waals surface area (Å²) in [6, 6.07) is 65.0. The van der Waals surface area contributed by atoms with Gasteiger partial charge in [0, 0.05) is 39.0 Å². The van der Waals surface area contributed by atoms with E-state index in [9.17, 15) is 0 Å². The Bertz CT molecular complexity index is 2160. The van der Waals surface area contributed by atoms with Gasteiger partial charge in [0.25, 0.3) is 0 Å². The molecule has 2 heteroatoms. The highest BCUT2D eigenvalue weighted by atomic mass is 15.1. The summed E-state index contributed by atoms with van der Waals surface area (Å²) in [6.45, 7) is 0. The summed E-state index contributed by atoms with van der Waals surface area (Å²) in [6.07, 6.45) is 0. The molecule has 0 radical (unpaired) electrons. The van der Waals surface area contributed by atoms with Gasteiger partial charge < -0.3 is 9.47 Å². The van der Waals surface area contributed by atoms with E-state index in [1.165, 1.54) is 44.1 Å². The largest absolute Gasteiger partial charge is 0.311 e. The van der Waals surface area contributed by atoms with Gasteiger partial charge in [-0.25, -0.2) is 0 Å². The molecular formula is C42H30N2. The molecule has 0 unspecified atom stereocenters. The minimum atomic E-state index is 1.12. The molecule has 0 N–H and O–H groups in total. The smallest absolute Gasteiger partial charge is 0.0619 e. The fourth-order valence-electron chi connectivity index (χ4n) is 6.42. The molecular weight excluding hydrogens is 532 g/mol. The molecule has 0 saturated heterocycles. The second-order valence-electron chi connectivity index (χ2n) is 11.0. The maximum Gasteiger partial charge on any atom is 0.0619 e. The lowest BCUT2D eigenvalue weighted by Gasteiger charge is -2.25. The van der Waals surface area contributed by atoms with Crippen molar-refractivity contribution in [1.29, 1.82) is 0 Å². The van der Waals surface area contributed by atoms with Crippen LogP contribution in [0.1, 0.15) is 0 Å². The van der Waals surface area contributed by atoms with E-state index in [2.05, 4.69) is 191 Å². The van der Waals surface area contributed by atoms with Crippen molar-refractivity contribution in [2.75, 3.05) is 4.90 Å². The van der Waals surface area contributed by atoms with Crippen molar-refractivity contribution >= 4 is 38.9 Å². The summed E-state index contributed by atoms with van der Waals surface area (Å²) in [5, 5.41) is 2.51. The third-order valence-corrected chi connectivity index (χ3v) is 8.39. The van der Waals surface area contributed by atoms with Crippen molar-refractivity contribution in [2.45, 2.75) is 0 Å². The Kier molecular flexibility index (Phi) is 6.51. The molecule has 208 valence electrons. The molecule has 0 fully saturated rings. The number of rotatable bonds is 6. The standard InChI is InChI=1S/C42H30N2/c1-4-15-31(16-5-1)37-23-14-24-39-38-22-11-13-26-41(38)44(42(37)39)40-25-12-10-21-36(40)32-27-29-35(30-28-32)43(33-17-6-2-7-18-33)34-19-8-3-9-20-34/h1-30H. The Morgan fingerprint density at radius 3 is 1.55 bits per heavy atom. The average Bonchev–Trinajstić information content (AvgIpc) is 3.45. The first-order valence-electron chi connectivity index (χ1n) is 15.0. The lowest BCUT2D eigenvalue weighted by atomic mass is 10.0. The van der Waals surface area contributed by atoms with E-state index in [4.69, 9.17) is 0 Å². The molecule has 0 saturated carbocycles. The first kappa shape index (κ1) is 25.8. The first-order valence-corrected chi connectivity index (χ1v) is 15.0. The Balaban J connectivity index is 1.31. The van der Waals surface area contributed by atoms with Crippen LogP contribution >= 0.6 is 0 Å². The van der Waals surface area contributed by atoms with Crippen LogP contribution in [0.5, 0.6) is 0 Å². The Morgan fingerprint density at radius 1 is 0.341 bits per heavy atom. The predicted molar refractivity (Wildman–Crippen MR) is 186 cm³/mol. The Hall–Kier alpha value is -5.86. The van der Waals surface area contributed by atoms with Gasteiger partial charge in [0.2, 0.25) is 0 Å². The van der Waals surface area contributed by atoms with E-state index in [-0.39, 0.29) is 0 Å². The number of hydrogen-bond acceptors (Lipinski definition) is 1. The van der Waals surface area contributed by atoms with Crippen molar-refractivity contribution in [3.63, 3.8) is 0 Å². The Labute approximate surface area is 257 Å². The van der Waals surface area contributed by atoms with Gasteiger partial charge in [0.15, 0.2) is 0 Å². The summed E-state index contributed by atoms with van der Waals surface area (Å²) in [7, 11) is 0. The highest BCUT2D eigenvalue weighted by Crippen LogP contribution is 2.41. The van der Waals surface area contributed by atoms with Gasteiger partial charge in [-0.3, -0.25) is 0 Å². The molecule has 1 heterocycles. The van der Waals surface area contributed by atoms with E-state index in [0.717, 1.165) is 22.7 Å². The highest BCUT2D eigenvalue weighted by molar-refractivity contribution is 6.14. The van der Waals surface area contributed by atoms with Crippen molar-refractivity contribution in [1.82, 2.24) is 4.57 Å². The fraction of sp³-hybridized carbons (Fsp3) is 0. The van der Waals surface area contributed by atoms with E-state index in [1.807, 2.05) is 0 Å². The second-order valence-corrected chi connectivity index (χ2v) is 11.0. The molecule has 0 atom stereocenters. The fourth-order valence-corrected chi connectivity index (χ4v) is 6.42. The molecule has 0 aliphatic heterocycles. The van der Waals surface area contributed by atoms with Crippen LogP contribution in [0.4, 0.5) is 17.1 Å². The molecule has 0 aliphatic carbocycles. The van der Waals surface area contributed by atoms with Gasteiger partial charge in [0.1, 0.15) is 0 Å². The molecule has 0 amide bonds. The molecule has 0 aliphatic rings. The minimum absolute atomic E-state index is 1.12. The van der Waals surface area contributed by atoms with E-state index < -0.39 is 0 Å². The number of benzene rings is 7. The number of hydrogen-bond donors (Lipinski definition) is 0.